The first kappa shape index (κ1) is 20.6. The minimum atomic E-state index is -0.328. The second-order valence-electron chi connectivity index (χ2n) is 7.75. The summed E-state index contributed by atoms with van der Waals surface area (Å²) in [5.74, 6) is 0.0806. The Labute approximate surface area is 180 Å². The second-order valence-corrected chi connectivity index (χ2v) is 8.16. The van der Waals surface area contributed by atoms with E-state index >= 15 is 0 Å². The SMILES string of the molecule is CCc1cc2oc(=O)cc(CN3CCN(c4ccc(C(C)=O)cc4)CC3)c2cc1Cl. The van der Waals surface area contributed by atoms with Crippen LogP contribution in [0.2, 0.25) is 5.02 Å². The fourth-order valence-electron chi connectivity index (χ4n) is 4.00. The van der Waals surface area contributed by atoms with Crippen molar-refractivity contribution in [3.8, 4) is 0 Å². The molecule has 0 bridgehead atoms. The van der Waals surface area contributed by atoms with Crippen molar-refractivity contribution in [1.29, 1.82) is 0 Å². The molecule has 4 rings (SSSR count). The number of halogens is 1. The van der Waals surface area contributed by atoms with Crippen molar-refractivity contribution >= 4 is 34.0 Å². The van der Waals surface area contributed by atoms with Crippen LogP contribution in [0.1, 0.15) is 35.3 Å². The van der Waals surface area contributed by atoms with Crippen molar-refractivity contribution < 1.29 is 9.21 Å². The van der Waals surface area contributed by atoms with E-state index in [1.807, 2.05) is 43.3 Å². The highest BCUT2D eigenvalue weighted by atomic mass is 35.5. The number of piperazine rings is 1. The first-order valence-corrected chi connectivity index (χ1v) is 10.7. The van der Waals surface area contributed by atoms with Gasteiger partial charge in [-0.15, -0.1) is 0 Å². The van der Waals surface area contributed by atoms with Gasteiger partial charge in [-0.2, -0.15) is 0 Å². The lowest BCUT2D eigenvalue weighted by Crippen LogP contribution is -2.46. The summed E-state index contributed by atoms with van der Waals surface area (Å²) in [6.45, 7) is 7.84. The fraction of sp³-hybridized carbons (Fsp3) is 0.333. The third-order valence-corrected chi connectivity index (χ3v) is 6.14. The number of aryl methyl sites for hydroxylation is 1. The predicted octanol–water partition coefficient (Wildman–Crippen LogP) is 4.53. The zero-order valence-corrected chi connectivity index (χ0v) is 18.0. The summed E-state index contributed by atoms with van der Waals surface area (Å²) in [7, 11) is 0. The van der Waals surface area contributed by atoms with Gasteiger partial charge in [0.2, 0.25) is 0 Å². The maximum absolute atomic E-state index is 12.1. The fourth-order valence-corrected chi connectivity index (χ4v) is 4.30. The number of carbonyl (C=O) groups excluding carboxylic acids is 1. The van der Waals surface area contributed by atoms with Crippen LogP contribution in [0.25, 0.3) is 11.0 Å². The maximum Gasteiger partial charge on any atom is 0.336 e. The number of anilines is 1. The van der Waals surface area contributed by atoms with E-state index in [0.29, 0.717) is 17.2 Å². The lowest BCUT2D eigenvalue weighted by atomic mass is 10.1. The van der Waals surface area contributed by atoms with Crippen LogP contribution in [-0.2, 0) is 13.0 Å². The van der Waals surface area contributed by atoms with E-state index in [-0.39, 0.29) is 11.4 Å². The van der Waals surface area contributed by atoms with Crippen LogP contribution in [0.15, 0.2) is 51.7 Å². The van der Waals surface area contributed by atoms with Crippen molar-refractivity contribution in [2.24, 2.45) is 0 Å². The van der Waals surface area contributed by atoms with Crippen molar-refractivity contribution in [2.45, 2.75) is 26.8 Å². The topological polar surface area (TPSA) is 53.8 Å². The van der Waals surface area contributed by atoms with Crippen LogP contribution in [0, 0.1) is 0 Å². The summed E-state index contributed by atoms with van der Waals surface area (Å²) in [4.78, 5) is 28.2. The Kier molecular flexibility index (Phi) is 5.93. The van der Waals surface area contributed by atoms with E-state index in [1.54, 1.807) is 13.0 Å². The molecule has 0 atom stereocenters. The van der Waals surface area contributed by atoms with Crippen LogP contribution in [-0.4, -0.2) is 36.9 Å². The Balaban J connectivity index is 1.48. The van der Waals surface area contributed by atoms with Gasteiger partial charge in [0.25, 0.3) is 0 Å². The van der Waals surface area contributed by atoms with E-state index in [1.165, 1.54) is 0 Å². The highest BCUT2D eigenvalue weighted by molar-refractivity contribution is 6.32. The summed E-state index contributed by atoms with van der Waals surface area (Å²) in [6.07, 6.45) is 0.790. The van der Waals surface area contributed by atoms with Gasteiger partial charge in [0.05, 0.1) is 0 Å². The molecule has 3 aromatic rings. The van der Waals surface area contributed by atoms with Gasteiger partial charge in [-0.1, -0.05) is 18.5 Å². The standard InChI is InChI=1S/C24H25ClN2O3/c1-3-17-12-23-21(14-22(17)25)19(13-24(29)30-23)15-26-8-10-27(11-9-26)20-6-4-18(5-7-20)16(2)28/h4-7,12-14H,3,8-11,15H2,1-2H3. The summed E-state index contributed by atoms with van der Waals surface area (Å²) in [5, 5.41) is 1.61. The van der Waals surface area contributed by atoms with Gasteiger partial charge in [0, 0.05) is 60.4 Å². The Morgan fingerprint density at radius 1 is 1.03 bits per heavy atom. The van der Waals surface area contributed by atoms with Crippen LogP contribution in [0.4, 0.5) is 5.69 Å². The number of benzene rings is 2. The first-order chi connectivity index (χ1) is 14.4. The van der Waals surface area contributed by atoms with Gasteiger partial charge in [0.15, 0.2) is 5.78 Å². The summed E-state index contributed by atoms with van der Waals surface area (Å²) < 4.78 is 5.43. The van der Waals surface area contributed by atoms with E-state index in [2.05, 4.69) is 9.80 Å². The van der Waals surface area contributed by atoms with Crippen LogP contribution in [0.5, 0.6) is 0 Å². The van der Waals surface area contributed by atoms with Crippen molar-refractivity contribution in [3.63, 3.8) is 0 Å². The molecule has 0 amide bonds. The van der Waals surface area contributed by atoms with Gasteiger partial charge >= 0.3 is 5.63 Å². The molecule has 1 aliphatic heterocycles. The van der Waals surface area contributed by atoms with Gasteiger partial charge in [-0.25, -0.2) is 4.79 Å². The van der Waals surface area contributed by atoms with E-state index in [9.17, 15) is 9.59 Å². The van der Waals surface area contributed by atoms with Gasteiger partial charge in [-0.05, 0) is 60.9 Å². The molecule has 0 aliphatic carbocycles. The smallest absolute Gasteiger partial charge is 0.336 e. The number of ketones is 1. The van der Waals surface area contributed by atoms with Crippen molar-refractivity contribution in [1.82, 2.24) is 4.90 Å². The first-order valence-electron chi connectivity index (χ1n) is 10.3. The number of rotatable bonds is 5. The number of Topliss-reactive ketones (excluding diaryl/α,β-unsaturated/α-hetero) is 1. The Hall–Kier alpha value is -2.63. The molecular formula is C24H25ClN2O3. The molecular weight excluding hydrogens is 400 g/mol. The monoisotopic (exact) mass is 424 g/mol. The second kappa shape index (κ2) is 8.62. The summed E-state index contributed by atoms with van der Waals surface area (Å²) in [5.41, 5.74) is 4.06. The lowest BCUT2D eigenvalue weighted by Gasteiger charge is -2.36. The minimum Gasteiger partial charge on any atom is -0.423 e. The lowest BCUT2D eigenvalue weighted by molar-refractivity contribution is 0.101. The Bertz CT molecular complexity index is 1130. The Morgan fingerprint density at radius 3 is 2.37 bits per heavy atom. The van der Waals surface area contributed by atoms with E-state index in [0.717, 1.165) is 60.4 Å². The number of carbonyl (C=O) groups is 1. The molecule has 6 heteroatoms. The molecule has 0 radical (unpaired) electrons. The molecule has 1 saturated heterocycles. The van der Waals surface area contributed by atoms with Crippen LogP contribution < -0.4 is 10.5 Å². The van der Waals surface area contributed by atoms with E-state index in [4.69, 9.17) is 16.0 Å². The zero-order chi connectivity index (χ0) is 21.3. The highest BCUT2D eigenvalue weighted by Gasteiger charge is 2.19. The molecule has 0 saturated carbocycles. The summed E-state index contributed by atoms with van der Waals surface area (Å²) >= 11 is 6.41. The minimum absolute atomic E-state index is 0.0806. The average molecular weight is 425 g/mol. The molecule has 2 heterocycles. The van der Waals surface area contributed by atoms with Crippen LogP contribution in [0.3, 0.4) is 0 Å². The maximum atomic E-state index is 12.1. The molecule has 1 aromatic heterocycles. The molecule has 1 fully saturated rings. The van der Waals surface area contributed by atoms with Gasteiger partial charge in [0.1, 0.15) is 5.58 Å². The highest BCUT2D eigenvalue weighted by Crippen LogP contribution is 2.27. The van der Waals surface area contributed by atoms with Crippen molar-refractivity contribution in [3.05, 3.63) is 74.6 Å². The molecule has 0 spiro atoms. The van der Waals surface area contributed by atoms with E-state index < -0.39 is 0 Å². The molecule has 1 aliphatic rings. The third kappa shape index (κ3) is 4.27. The number of hydrogen-bond acceptors (Lipinski definition) is 5. The number of nitrogens with zero attached hydrogens (tertiary/aromatic N) is 2. The largest absolute Gasteiger partial charge is 0.423 e. The molecule has 2 aromatic carbocycles. The normalized spacial score (nSPS) is 15.0. The molecule has 5 nitrogen and oxygen atoms in total. The summed E-state index contributed by atoms with van der Waals surface area (Å²) in [6, 6.07) is 13.2. The Morgan fingerprint density at radius 2 is 1.73 bits per heavy atom. The number of hydrogen-bond donors (Lipinski definition) is 0. The van der Waals surface area contributed by atoms with Gasteiger partial charge < -0.3 is 9.32 Å². The quantitative estimate of drug-likeness (QED) is 0.444. The van der Waals surface area contributed by atoms with Crippen molar-refractivity contribution in [2.75, 3.05) is 31.1 Å². The van der Waals surface area contributed by atoms with Gasteiger partial charge in [-0.3, -0.25) is 9.69 Å². The predicted molar refractivity (Wildman–Crippen MR) is 121 cm³/mol. The number of fused-ring (bicyclic) bond motifs is 1. The molecule has 0 unspecified atom stereocenters. The average Bonchev–Trinajstić information content (AvgIpc) is 2.74. The zero-order valence-electron chi connectivity index (χ0n) is 17.3. The molecule has 0 N–H and O–H groups in total. The third-order valence-electron chi connectivity index (χ3n) is 5.78. The molecule has 30 heavy (non-hydrogen) atoms. The molecule has 156 valence electrons. The van der Waals surface area contributed by atoms with Crippen LogP contribution >= 0.6 is 11.6 Å².